The third-order valence-corrected chi connectivity index (χ3v) is 4.81. The number of carbonyl (C=O) groups excluding carboxylic acids is 1. The number of rotatable bonds is 4. The highest BCUT2D eigenvalue weighted by molar-refractivity contribution is 5.83. The lowest BCUT2D eigenvalue weighted by Crippen LogP contribution is -2.35. The molecule has 1 fully saturated rings. The van der Waals surface area contributed by atoms with E-state index in [9.17, 15) is 14.0 Å². The van der Waals surface area contributed by atoms with Crippen molar-refractivity contribution in [3.63, 3.8) is 0 Å². The maximum atomic E-state index is 13.3. The van der Waals surface area contributed by atoms with E-state index in [-0.39, 0.29) is 24.2 Å². The lowest BCUT2D eigenvalue weighted by Gasteiger charge is -2.25. The zero-order valence-electron chi connectivity index (χ0n) is 13.5. The second-order valence-electron chi connectivity index (χ2n) is 6.41. The van der Waals surface area contributed by atoms with Gasteiger partial charge >= 0.3 is 5.97 Å². The predicted octanol–water partition coefficient (Wildman–Crippen LogP) is 3.39. The fraction of sp³-hybridized carbons (Fsp3) is 0.444. The maximum absolute atomic E-state index is 13.3. The topological polar surface area (TPSA) is 79.5 Å². The number of hydrogen-bond donors (Lipinski definition) is 2. The van der Waals surface area contributed by atoms with Gasteiger partial charge in [0.05, 0.1) is 12.5 Å². The van der Waals surface area contributed by atoms with Crippen LogP contribution in [0.15, 0.2) is 22.6 Å². The Morgan fingerprint density at radius 1 is 1.33 bits per heavy atom. The zero-order chi connectivity index (χ0) is 17.3. The number of benzene rings is 1. The van der Waals surface area contributed by atoms with Crippen LogP contribution in [0.1, 0.15) is 37.0 Å². The standard InChI is InChI=1S/C18H20FNO4/c1-10-14-8-13(19)5-6-15(14)24-16(10)9-20-17(21)11-3-2-4-12(7-11)18(22)23/h5-6,8,11-12H,2-4,7,9H2,1H3,(H,20,21)(H,22,23). The predicted molar refractivity (Wildman–Crippen MR) is 85.8 cm³/mol. The molecule has 1 aliphatic carbocycles. The lowest BCUT2D eigenvalue weighted by molar-refractivity contribution is -0.144. The molecule has 2 atom stereocenters. The van der Waals surface area contributed by atoms with Crippen molar-refractivity contribution in [2.24, 2.45) is 11.8 Å². The highest BCUT2D eigenvalue weighted by atomic mass is 19.1. The van der Waals surface area contributed by atoms with E-state index in [4.69, 9.17) is 9.52 Å². The van der Waals surface area contributed by atoms with Crippen molar-refractivity contribution in [1.29, 1.82) is 0 Å². The van der Waals surface area contributed by atoms with Crippen molar-refractivity contribution in [1.82, 2.24) is 5.32 Å². The molecule has 24 heavy (non-hydrogen) atoms. The normalized spacial score (nSPS) is 20.9. The van der Waals surface area contributed by atoms with Gasteiger partial charge in [0.15, 0.2) is 0 Å². The van der Waals surface area contributed by atoms with Gasteiger partial charge in [-0.2, -0.15) is 0 Å². The second kappa shape index (κ2) is 6.63. The summed E-state index contributed by atoms with van der Waals surface area (Å²) in [6.45, 7) is 2.04. The molecule has 1 heterocycles. The van der Waals surface area contributed by atoms with Crippen LogP contribution in [0.5, 0.6) is 0 Å². The van der Waals surface area contributed by atoms with Gasteiger partial charge < -0.3 is 14.8 Å². The summed E-state index contributed by atoms with van der Waals surface area (Å²) in [6, 6.07) is 4.32. The van der Waals surface area contributed by atoms with Gasteiger partial charge in [0.25, 0.3) is 0 Å². The van der Waals surface area contributed by atoms with Crippen molar-refractivity contribution in [2.45, 2.75) is 39.2 Å². The number of aliphatic carboxylic acids is 1. The number of carboxylic acid groups (broad SMARTS) is 1. The molecule has 0 saturated heterocycles. The van der Waals surface area contributed by atoms with Crippen LogP contribution in [0.4, 0.5) is 4.39 Å². The third-order valence-electron chi connectivity index (χ3n) is 4.81. The van der Waals surface area contributed by atoms with Crippen LogP contribution in [-0.4, -0.2) is 17.0 Å². The fourth-order valence-electron chi connectivity index (χ4n) is 3.38. The highest BCUT2D eigenvalue weighted by Crippen LogP contribution is 2.30. The summed E-state index contributed by atoms with van der Waals surface area (Å²) in [6.07, 6.45) is 2.47. The van der Waals surface area contributed by atoms with E-state index in [0.717, 1.165) is 12.0 Å². The monoisotopic (exact) mass is 333 g/mol. The SMILES string of the molecule is Cc1c(CNC(=O)C2CCCC(C(=O)O)C2)oc2ccc(F)cc12. The number of halogens is 1. The molecule has 2 N–H and O–H groups in total. The number of hydrogen-bond acceptors (Lipinski definition) is 3. The Balaban J connectivity index is 1.66. The van der Waals surface area contributed by atoms with E-state index >= 15 is 0 Å². The van der Waals surface area contributed by atoms with Gasteiger partial charge in [0, 0.05) is 16.9 Å². The van der Waals surface area contributed by atoms with Gasteiger partial charge in [-0.25, -0.2) is 4.39 Å². The van der Waals surface area contributed by atoms with E-state index in [0.29, 0.717) is 36.0 Å². The molecule has 128 valence electrons. The average Bonchev–Trinajstić information content (AvgIpc) is 2.88. The molecule has 6 heteroatoms. The van der Waals surface area contributed by atoms with E-state index in [2.05, 4.69) is 5.32 Å². The van der Waals surface area contributed by atoms with E-state index in [1.807, 2.05) is 6.92 Å². The number of furan rings is 1. The molecule has 2 aromatic rings. The minimum absolute atomic E-state index is 0.146. The van der Waals surface area contributed by atoms with E-state index in [1.54, 1.807) is 6.07 Å². The van der Waals surface area contributed by atoms with E-state index in [1.165, 1.54) is 12.1 Å². The quantitative estimate of drug-likeness (QED) is 0.899. The van der Waals surface area contributed by atoms with Crippen molar-refractivity contribution in [3.05, 3.63) is 35.3 Å². The zero-order valence-corrected chi connectivity index (χ0v) is 13.5. The van der Waals surface area contributed by atoms with Crippen molar-refractivity contribution < 1.29 is 23.5 Å². The molecule has 1 aliphatic rings. The second-order valence-corrected chi connectivity index (χ2v) is 6.41. The molecular formula is C18H20FNO4. The first kappa shape index (κ1) is 16.5. The van der Waals surface area contributed by atoms with Crippen LogP contribution in [0.2, 0.25) is 0 Å². The molecule has 1 aromatic heterocycles. The first-order valence-corrected chi connectivity index (χ1v) is 8.13. The number of carboxylic acids is 1. The van der Waals surface area contributed by atoms with Gasteiger partial charge in [-0.1, -0.05) is 6.42 Å². The number of carbonyl (C=O) groups is 2. The van der Waals surface area contributed by atoms with Crippen LogP contribution in [-0.2, 0) is 16.1 Å². The molecule has 0 radical (unpaired) electrons. The Hall–Kier alpha value is -2.37. The smallest absolute Gasteiger partial charge is 0.306 e. The average molecular weight is 333 g/mol. The summed E-state index contributed by atoms with van der Waals surface area (Å²) in [5, 5.41) is 12.6. The summed E-state index contributed by atoms with van der Waals surface area (Å²) >= 11 is 0. The lowest BCUT2D eigenvalue weighted by atomic mass is 9.81. The number of nitrogens with one attached hydrogen (secondary N) is 1. The molecule has 3 rings (SSSR count). The molecule has 0 spiro atoms. The molecule has 0 bridgehead atoms. The van der Waals surface area contributed by atoms with Gasteiger partial charge in [-0.05, 0) is 44.4 Å². The summed E-state index contributed by atoms with van der Waals surface area (Å²) in [4.78, 5) is 23.4. The number of aryl methyl sites for hydroxylation is 1. The summed E-state index contributed by atoms with van der Waals surface area (Å²) < 4.78 is 19.0. The van der Waals surface area contributed by atoms with Crippen LogP contribution in [0, 0.1) is 24.6 Å². The number of fused-ring (bicyclic) bond motifs is 1. The highest BCUT2D eigenvalue weighted by Gasteiger charge is 2.31. The molecule has 1 amide bonds. The molecule has 1 aromatic carbocycles. The minimum atomic E-state index is -0.831. The van der Waals surface area contributed by atoms with Gasteiger partial charge in [-0.15, -0.1) is 0 Å². The molecular weight excluding hydrogens is 313 g/mol. The Kier molecular flexibility index (Phi) is 4.55. The molecule has 1 saturated carbocycles. The van der Waals surface area contributed by atoms with Gasteiger partial charge in [0.1, 0.15) is 17.2 Å². The van der Waals surface area contributed by atoms with Gasteiger partial charge in [-0.3, -0.25) is 9.59 Å². The Labute approximate surface area is 138 Å². The maximum Gasteiger partial charge on any atom is 0.306 e. The largest absolute Gasteiger partial charge is 0.481 e. The first-order chi connectivity index (χ1) is 11.5. The van der Waals surface area contributed by atoms with Crippen LogP contribution in [0.3, 0.4) is 0 Å². The Bertz CT molecular complexity index is 783. The summed E-state index contributed by atoms with van der Waals surface area (Å²) in [5.41, 5.74) is 1.39. The van der Waals surface area contributed by atoms with Crippen LogP contribution >= 0.6 is 0 Å². The molecule has 0 aliphatic heterocycles. The van der Waals surface area contributed by atoms with E-state index < -0.39 is 11.9 Å². The Morgan fingerprint density at radius 2 is 2.08 bits per heavy atom. The third kappa shape index (κ3) is 3.27. The van der Waals surface area contributed by atoms with Gasteiger partial charge in [0.2, 0.25) is 5.91 Å². The summed E-state index contributed by atoms with van der Waals surface area (Å²) in [7, 11) is 0. The Morgan fingerprint density at radius 3 is 2.83 bits per heavy atom. The number of amides is 1. The van der Waals surface area contributed by atoms with Crippen LogP contribution in [0.25, 0.3) is 11.0 Å². The molecule has 2 unspecified atom stereocenters. The van der Waals surface area contributed by atoms with Crippen molar-refractivity contribution in [3.8, 4) is 0 Å². The minimum Gasteiger partial charge on any atom is -0.481 e. The first-order valence-electron chi connectivity index (χ1n) is 8.13. The fourth-order valence-corrected chi connectivity index (χ4v) is 3.38. The summed E-state index contributed by atoms with van der Waals surface area (Å²) in [5.74, 6) is -1.43. The van der Waals surface area contributed by atoms with Crippen molar-refractivity contribution in [2.75, 3.05) is 0 Å². The van der Waals surface area contributed by atoms with Crippen LogP contribution < -0.4 is 5.32 Å². The van der Waals surface area contributed by atoms with Crippen molar-refractivity contribution >= 4 is 22.8 Å². The molecule has 5 nitrogen and oxygen atoms in total.